The van der Waals surface area contributed by atoms with Gasteiger partial charge in [0.05, 0.1) is 0 Å². The average molecular weight is 246 g/mol. The van der Waals surface area contributed by atoms with E-state index in [4.69, 9.17) is 4.99 Å². The van der Waals surface area contributed by atoms with E-state index in [1.807, 2.05) is 0 Å². The van der Waals surface area contributed by atoms with Gasteiger partial charge in [-0.2, -0.15) is 0 Å². The topological polar surface area (TPSA) is 15.6 Å². The standard InChI is InChI=1S/C10H19N2Se/c1-3-12(2)10(13)11-9-7-5-4-6-8-9/h9H,3-8H2,1-2H3. The summed E-state index contributed by atoms with van der Waals surface area (Å²) in [7, 11) is 2.08. The first-order valence-electron chi connectivity index (χ1n) is 5.20. The van der Waals surface area contributed by atoms with Gasteiger partial charge in [0.25, 0.3) is 0 Å². The molecule has 3 heteroatoms. The average Bonchev–Trinajstić information content (AvgIpc) is 2.18. The molecule has 0 bridgehead atoms. The van der Waals surface area contributed by atoms with Gasteiger partial charge in [-0.15, -0.1) is 0 Å². The van der Waals surface area contributed by atoms with Crippen LogP contribution in [0, 0.1) is 0 Å². The first-order valence-corrected chi connectivity index (χ1v) is 6.05. The van der Waals surface area contributed by atoms with Crippen LogP contribution in [-0.4, -0.2) is 45.3 Å². The molecule has 0 aliphatic heterocycles. The Morgan fingerprint density at radius 3 is 2.54 bits per heavy atom. The minimum absolute atomic E-state index is 0.582. The predicted octanol–water partition coefficient (Wildman–Crippen LogP) is 1.80. The normalized spacial score (nSPS) is 20.3. The summed E-state index contributed by atoms with van der Waals surface area (Å²) in [4.78, 5) is 6.86. The van der Waals surface area contributed by atoms with Crippen molar-refractivity contribution in [2.75, 3.05) is 13.6 Å². The van der Waals surface area contributed by atoms with Gasteiger partial charge in [-0.3, -0.25) is 0 Å². The molecule has 0 amide bonds. The molecule has 0 heterocycles. The molecular formula is C10H19N2Se. The van der Waals surface area contributed by atoms with Crippen LogP contribution in [0.15, 0.2) is 4.99 Å². The van der Waals surface area contributed by atoms with E-state index in [-0.39, 0.29) is 0 Å². The van der Waals surface area contributed by atoms with E-state index in [1.165, 1.54) is 32.1 Å². The summed E-state index contributed by atoms with van der Waals surface area (Å²) in [6, 6.07) is 0.582. The SMILES string of the molecule is CCN(C)C([Se])=NC1CCCCC1. The number of hydrogen-bond donors (Lipinski definition) is 0. The van der Waals surface area contributed by atoms with Crippen molar-refractivity contribution in [3.63, 3.8) is 0 Å². The van der Waals surface area contributed by atoms with Gasteiger partial charge in [-0.1, -0.05) is 0 Å². The van der Waals surface area contributed by atoms with Crippen molar-refractivity contribution in [2.24, 2.45) is 4.99 Å². The van der Waals surface area contributed by atoms with Crippen molar-refractivity contribution in [1.82, 2.24) is 4.90 Å². The second kappa shape index (κ2) is 5.66. The van der Waals surface area contributed by atoms with Gasteiger partial charge < -0.3 is 0 Å². The van der Waals surface area contributed by atoms with Crippen molar-refractivity contribution < 1.29 is 0 Å². The van der Waals surface area contributed by atoms with Crippen LogP contribution < -0.4 is 0 Å². The summed E-state index contributed by atoms with van der Waals surface area (Å²) in [6.45, 7) is 3.17. The Bertz CT molecular complexity index is 174. The molecule has 0 unspecified atom stereocenters. The summed E-state index contributed by atoms with van der Waals surface area (Å²) >= 11 is 3.05. The maximum atomic E-state index is 4.69. The summed E-state index contributed by atoms with van der Waals surface area (Å²) in [5, 5.41) is 0. The van der Waals surface area contributed by atoms with Crippen LogP contribution in [0.3, 0.4) is 0 Å². The zero-order valence-corrected chi connectivity index (χ0v) is 10.3. The van der Waals surface area contributed by atoms with Gasteiger partial charge in [-0.05, 0) is 0 Å². The molecule has 0 aromatic carbocycles. The molecule has 1 fully saturated rings. The Hall–Kier alpha value is -0.0105. The Morgan fingerprint density at radius 2 is 2.00 bits per heavy atom. The second-order valence-electron chi connectivity index (χ2n) is 3.72. The second-order valence-corrected chi connectivity index (χ2v) is 4.48. The van der Waals surface area contributed by atoms with Crippen LogP contribution in [0.5, 0.6) is 0 Å². The molecule has 1 saturated carbocycles. The van der Waals surface area contributed by atoms with E-state index in [0.29, 0.717) is 6.04 Å². The van der Waals surface area contributed by atoms with E-state index in [0.717, 1.165) is 11.3 Å². The first kappa shape index (κ1) is 11.1. The number of rotatable bonds is 2. The zero-order valence-electron chi connectivity index (χ0n) is 8.62. The summed E-state index contributed by atoms with van der Waals surface area (Å²) < 4.78 is 1.08. The molecule has 0 spiro atoms. The predicted molar refractivity (Wildman–Crippen MR) is 58.4 cm³/mol. The maximum absolute atomic E-state index is 4.69. The van der Waals surface area contributed by atoms with Gasteiger partial charge in [-0.25, -0.2) is 0 Å². The Kier molecular flexibility index (Phi) is 4.82. The number of nitrogens with zero attached hydrogens (tertiary/aromatic N) is 2. The quantitative estimate of drug-likeness (QED) is 0.412. The molecule has 0 aromatic rings. The van der Waals surface area contributed by atoms with Crippen molar-refractivity contribution >= 4 is 20.7 Å². The molecule has 1 rings (SSSR count). The monoisotopic (exact) mass is 247 g/mol. The number of aliphatic imine (C=N–C) groups is 1. The van der Waals surface area contributed by atoms with Crippen LogP contribution in [-0.2, 0) is 0 Å². The molecule has 1 aliphatic rings. The molecule has 1 radical (unpaired) electrons. The van der Waals surface area contributed by atoms with Crippen molar-refractivity contribution in [1.29, 1.82) is 0 Å². The Labute approximate surface area is 89.6 Å². The van der Waals surface area contributed by atoms with E-state index >= 15 is 0 Å². The van der Waals surface area contributed by atoms with Gasteiger partial charge in [0.15, 0.2) is 0 Å². The van der Waals surface area contributed by atoms with Crippen LogP contribution in [0.1, 0.15) is 39.0 Å². The van der Waals surface area contributed by atoms with Gasteiger partial charge >= 0.3 is 89.3 Å². The summed E-state index contributed by atoms with van der Waals surface area (Å²) in [6.07, 6.45) is 6.68. The zero-order chi connectivity index (χ0) is 9.68. The third-order valence-corrected chi connectivity index (χ3v) is 3.54. The molecule has 0 N–H and O–H groups in total. The summed E-state index contributed by atoms with van der Waals surface area (Å²) in [5.41, 5.74) is 0. The van der Waals surface area contributed by atoms with E-state index in [9.17, 15) is 0 Å². The summed E-state index contributed by atoms with van der Waals surface area (Å²) in [5.74, 6) is 0. The van der Waals surface area contributed by atoms with E-state index in [1.54, 1.807) is 0 Å². The van der Waals surface area contributed by atoms with Gasteiger partial charge in [0, 0.05) is 0 Å². The van der Waals surface area contributed by atoms with Crippen LogP contribution >= 0.6 is 0 Å². The Balaban J connectivity index is 2.42. The number of hydrogen-bond acceptors (Lipinski definition) is 1. The van der Waals surface area contributed by atoms with Gasteiger partial charge in [0.1, 0.15) is 0 Å². The van der Waals surface area contributed by atoms with Crippen LogP contribution in [0.2, 0.25) is 0 Å². The van der Waals surface area contributed by atoms with Gasteiger partial charge in [0.2, 0.25) is 0 Å². The molecule has 2 nitrogen and oxygen atoms in total. The molecule has 0 saturated heterocycles. The molecule has 75 valence electrons. The van der Waals surface area contributed by atoms with Crippen LogP contribution in [0.25, 0.3) is 0 Å². The van der Waals surface area contributed by atoms with E-state index < -0.39 is 0 Å². The van der Waals surface area contributed by atoms with Crippen molar-refractivity contribution in [3.8, 4) is 0 Å². The third kappa shape index (κ3) is 3.70. The Morgan fingerprint density at radius 1 is 1.38 bits per heavy atom. The van der Waals surface area contributed by atoms with E-state index in [2.05, 4.69) is 34.9 Å². The molecular weight excluding hydrogens is 227 g/mol. The third-order valence-electron chi connectivity index (χ3n) is 2.67. The van der Waals surface area contributed by atoms with Crippen molar-refractivity contribution in [3.05, 3.63) is 0 Å². The number of amidine groups is 1. The molecule has 13 heavy (non-hydrogen) atoms. The fraction of sp³-hybridized carbons (Fsp3) is 0.900. The fourth-order valence-corrected chi connectivity index (χ4v) is 2.18. The van der Waals surface area contributed by atoms with Crippen molar-refractivity contribution in [2.45, 2.75) is 45.1 Å². The fourth-order valence-electron chi connectivity index (χ4n) is 1.60. The minimum atomic E-state index is 0.582. The first-order chi connectivity index (χ1) is 6.24. The molecule has 0 atom stereocenters. The molecule has 0 aromatic heterocycles. The van der Waals surface area contributed by atoms with Crippen LogP contribution in [0.4, 0.5) is 0 Å². The molecule has 1 aliphatic carbocycles.